The molecule has 3 atom stereocenters. The SMILES string of the molecule is CN1C(=O)[C@@H](n2nc(C(N)=O)nc2Cc2ccccc2)COc2ccc(C#C[C@H]3CCO[C@H](O)C3)cc21. The summed E-state index contributed by atoms with van der Waals surface area (Å²) in [5, 5.41) is 14.0. The fraction of sp³-hybridized carbons (Fsp3) is 0.333. The number of likely N-dealkylation sites (N-methyl/N-ethyl adjacent to an activating group) is 1. The first-order valence-corrected chi connectivity index (χ1v) is 12.0. The first-order chi connectivity index (χ1) is 17.9. The van der Waals surface area contributed by atoms with Gasteiger partial charge in [0.15, 0.2) is 12.3 Å². The van der Waals surface area contributed by atoms with E-state index in [1.807, 2.05) is 36.4 Å². The Bertz CT molecular complexity index is 1380. The van der Waals surface area contributed by atoms with Crippen molar-refractivity contribution in [2.24, 2.45) is 11.7 Å². The van der Waals surface area contributed by atoms with Crippen LogP contribution >= 0.6 is 0 Å². The molecule has 190 valence electrons. The van der Waals surface area contributed by atoms with Crippen molar-refractivity contribution in [1.82, 2.24) is 14.8 Å². The number of hydrogen-bond donors (Lipinski definition) is 2. The fourth-order valence-corrected chi connectivity index (χ4v) is 4.44. The minimum absolute atomic E-state index is 0.00448. The Hall–Kier alpha value is -4.20. The number of rotatable bonds is 4. The van der Waals surface area contributed by atoms with E-state index in [0.29, 0.717) is 36.7 Å². The van der Waals surface area contributed by atoms with Crippen LogP contribution in [0.25, 0.3) is 0 Å². The molecular formula is C27H27N5O5. The van der Waals surface area contributed by atoms with E-state index in [2.05, 4.69) is 21.9 Å². The number of fused-ring (bicyclic) bond motifs is 1. The molecule has 2 aromatic carbocycles. The Balaban J connectivity index is 1.42. The number of amides is 2. The number of ether oxygens (including phenoxy) is 2. The van der Waals surface area contributed by atoms with Crippen molar-refractivity contribution in [3.05, 3.63) is 71.3 Å². The van der Waals surface area contributed by atoms with Gasteiger partial charge in [0.1, 0.15) is 18.2 Å². The van der Waals surface area contributed by atoms with Gasteiger partial charge in [-0.3, -0.25) is 9.59 Å². The minimum Gasteiger partial charge on any atom is -0.489 e. The molecule has 0 spiro atoms. The molecule has 2 aliphatic heterocycles. The van der Waals surface area contributed by atoms with Gasteiger partial charge in [0.05, 0.1) is 12.3 Å². The summed E-state index contributed by atoms with van der Waals surface area (Å²) in [5.74, 6) is 6.15. The number of aliphatic hydroxyl groups excluding tert-OH is 1. The van der Waals surface area contributed by atoms with E-state index in [9.17, 15) is 14.7 Å². The van der Waals surface area contributed by atoms with E-state index in [1.54, 1.807) is 19.2 Å². The van der Waals surface area contributed by atoms with Gasteiger partial charge in [0.25, 0.3) is 11.8 Å². The summed E-state index contributed by atoms with van der Waals surface area (Å²) in [7, 11) is 1.66. The highest BCUT2D eigenvalue weighted by Crippen LogP contribution is 2.34. The highest BCUT2D eigenvalue weighted by molar-refractivity contribution is 5.98. The van der Waals surface area contributed by atoms with Crippen LogP contribution in [0.3, 0.4) is 0 Å². The van der Waals surface area contributed by atoms with Crippen molar-refractivity contribution in [3.63, 3.8) is 0 Å². The van der Waals surface area contributed by atoms with Crippen molar-refractivity contribution in [2.75, 3.05) is 25.2 Å². The number of aromatic nitrogens is 3. The molecule has 5 rings (SSSR count). The Morgan fingerprint density at radius 1 is 1.24 bits per heavy atom. The van der Waals surface area contributed by atoms with Gasteiger partial charge in [-0.05, 0) is 30.2 Å². The van der Waals surface area contributed by atoms with Gasteiger partial charge in [-0.1, -0.05) is 42.2 Å². The Morgan fingerprint density at radius 3 is 2.81 bits per heavy atom. The summed E-state index contributed by atoms with van der Waals surface area (Å²) in [6.07, 6.45) is 0.807. The number of aliphatic hydroxyl groups is 1. The molecular weight excluding hydrogens is 474 g/mol. The molecule has 0 unspecified atom stereocenters. The second-order valence-electron chi connectivity index (χ2n) is 9.05. The van der Waals surface area contributed by atoms with Crippen molar-refractivity contribution in [2.45, 2.75) is 31.6 Å². The number of benzene rings is 2. The van der Waals surface area contributed by atoms with E-state index < -0.39 is 18.2 Å². The third kappa shape index (κ3) is 5.33. The van der Waals surface area contributed by atoms with Crippen molar-refractivity contribution >= 4 is 17.5 Å². The molecule has 1 aromatic heterocycles. The molecule has 10 nitrogen and oxygen atoms in total. The Morgan fingerprint density at radius 2 is 2.05 bits per heavy atom. The Labute approximate surface area is 214 Å². The van der Waals surface area contributed by atoms with Crippen LogP contribution < -0.4 is 15.4 Å². The summed E-state index contributed by atoms with van der Waals surface area (Å²) in [5.41, 5.74) is 7.70. The largest absolute Gasteiger partial charge is 0.489 e. The van der Waals surface area contributed by atoms with Gasteiger partial charge in [0, 0.05) is 31.4 Å². The lowest BCUT2D eigenvalue weighted by atomic mass is 9.99. The van der Waals surface area contributed by atoms with E-state index in [0.717, 1.165) is 17.5 Å². The van der Waals surface area contributed by atoms with Gasteiger partial charge in [-0.2, -0.15) is 0 Å². The predicted molar refractivity (Wildman–Crippen MR) is 134 cm³/mol. The van der Waals surface area contributed by atoms with Crippen LogP contribution in [0.4, 0.5) is 5.69 Å². The average Bonchev–Trinajstić information content (AvgIpc) is 3.27. The molecule has 3 N–H and O–H groups in total. The van der Waals surface area contributed by atoms with Crippen molar-refractivity contribution < 1.29 is 24.2 Å². The third-order valence-corrected chi connectivity index (χ3v) is 6.44. The first kappa shape index (κ1) is 24.5. The monoisotopic (exact) mass is 501 g/mol. The molecule has 2 amide bonds. The maximum atomic E-state index is 13.6. The minimum atomic E-state index is -0.852. The highest BCUT2D eigenvalue weighted by atomic mass is 16.6. The number of anilines is 1. The number of carbonyl (C=O) groups is 2. The van der Waals surface area contributed by atoms with Gasteiger partial charge in [-0.15, -0.1) is 5.10 Å². The van der Waals surface area contributed by atoms with Crippen LogP contribution in [0, 0.1) is 17.8 Å². The van der Waals surface area contributed by atoms with Crippen LogP contribution in [0.1, 0.15) is 46.5 Å². The molecule has 1 fully saturated rings. The molecule has 37 heavy (non-hydrogen) atoms. The van der Waals surface area contributed by atoms with E-state index in [-0.39, 0.29) is 24.3 Å². The van der Waals surface area contributed by atoms with Crippen LogP contribution in [0.15, 0.2) is 48.5 Å². The zero-order valence-electron chi connectivity index (χ0n) is 20.3. The Kier molecular flexibility index (Phi) is 6.90. The van der Waals surface area contributed by atoms with Crippen LogP contribution in [0.2, 0.25) is 0 Å². The third-order valence-electron chi connectivity index (χ3n) is 6.44. The molecule has 10 heteroatoms. The quantitative estimate of drug-likeness (QED) is 0.520. The number of nitrogens with two attached hydrogens (primary N) is 1. The highest BCUT2D eigenvalue weighted by Gasteiger charge is 2.34. The number of carbonyl (C=O) groups excluding carboxylic acids is 2. The zero-order valence-corrected chi connectivity index (χ0v) is 20.3. The van der Waals surface area contributed by atoms with E-state index in [1.165, 1.54) is 9.58 Å². The molecule has 0 bridgehead atoms. The van der Waals surface area contributed by atoms with Gasteiger partial charge < -0.3 is 25.2 Å². The van der Waals surface area contributed by atoms with Crippen molar-refractivity contribution in [3.8, 4) is 17.6 Å². The second-order valence-corrected chi connectivity index (χ2v) is 9.05. The lowest BCUT2D eigenvalue weighted by Crippen LogP contribution is -2.36. The first-order valence-electron chi connectivity index (χ1n) is 12.0. The predicted octanol–water partition coefficient (Wildman–Crippen LogP) is 1.66. The van der Waals surface area contributed by atoms with Gasteiger partial charge in [-0.25, -0.2) is 9.67 Å². The molecule has 3 heterocycles. The standard InChI is InChI=1S/C27H27N5O5/c1-31-20-13-18(7-8-19-11-12-36-24(33)15-19)9-10-22(20)37-16-21(27(31)35)32-23(29-26(30-32)25(28)34)14-17-5-3-2-4-6-17/h2-6,9-10,13,19,21,24,33H,11-12,14-16H2,1H3,(H2,28,34)/t19-,21-,24-/m0/s1. The zero-order chi connectivity index (χ0) is 25.9. The van der Waals surface area contributed by atoms with E-state index >= 15 is 0 Å². The molecule has 0 aliphatic carbocycles. The number of primary amides is 1. The summed E-state index contributed by atoms with van der Waals surface area (Å²) >= 11 is 0. The maximum Gasteiger partial charge on any atom is 0.288 e. The molecule has 3 aromatic rings. The van der Waals surface area contributed by atoms with Gasteiger partial charge in [0.2, 0.25) is 5.82 Å². The maximum absolute atomic E-state index is 13.6. The van der Waals surface area contributed by atoms with Crippen LogP contribution in [-0.4, -0.2) is 58.2 Å². The number of hydrogen-bond acceptors (Lipinski definition) is 7. The molecule has 0 radical (unpaired) electrons. The van der Waals surface area contributed by atoms with Crippen LogP contribution in [0.5, 0.6) is 5.75 Å². The average molecular weight is 502 g/mol. The molecule has 2 aliphatic rings. The second kappa shape index (κ2) is 10.4. The lowest BCUT2D eigenvalue weighted by Gasteiger charge is -2.22. The summed E-state index contributed by atoms with van der Waals surface area (Å²) < 4.78 is 12.6. The summed E-state index contributed by atoms with van der Waals surface area (Å²) in [6, 6.07) is 14.1. The lowest BCUT2D eigenvalue weighted by molar-refractivity contribution is -0.131. The van der Waals surface area contributed by atoms with Crippen LogP contribution in [-0.2, 0) is 16.0 Å². The molecule has 1 saturated heterocycles. The fourth-order valence-electron chi connectivity index (χ4n) is 4.44. The summed E-state index contributed by atoms with van der Waals surface area (Å²) in [6.45, 7) is 0.480. The normalized spacial score (nSPS) is 21.3. The summed E-state index contributed by atoms with van der Waals surface area (Å²) in [4.78, 5) is 31.3. The van der Waals surface area contributed by atoms with Crippen molar-refractivity contribution in [1.29, 1.82) is 0 Å². The van der Waals surface area contributed by atoms with E-state index in [4.69, 9.17) is 15.2 Å². The number of nitrogens with zero attached hydrogens (tertiary/aromatic N) is 4. The smallest absolute Gasteiger partial charge is 0.288 e. The molecule has 0 saturated carbocycles. The van der Waals surface area contributed by atoms with Gasteiger partial charge >= 0.3 is 0 Å². The topological polar surface area (TPSA) is 133 Å².